The molecule has 3 rings (SSSR count). The molecule has 0 saturated heterocycles. The zero-order chi connectivity index (χ0) is 12.5. The third-order valence-corrected chi connectivity index (χ3v) is 3.44. The molecule has 1 N–H and O–H groups in total. The van der Waals surface area contributed by atoms with Crippen LogP contribution >= 0.6 is 0 Å². The lowest BCUT2D eigenvalue weighted by atomic mass is 9.92. The average molecular weight is 237 g/mol. The highest BCUT2D eigenvalue weighted by Gasteiger charge is 2.30. The van der Waals surface area contributed by atoms with Crippen molar-refractivity contribution in [2.75, 3.05) is 5.32 Å². The van der Waals surface area contributed by atoms with Crippen LogP contribution < -0.4 is 5.32 Å². The van der Waals surface area contributed by atoms with E-state index in [2.05, 4.69) is 30.4 Å². The van der Waals surface area contributed by atoms with Gasteiger partial charge >= 0.3 is 0 Å². The van der Waals surface area contributed by atoms with Crippen LogP contribution in [0.5, 0.6) is 0 Å². The smallest absolute Gasteiger partial charge is 0.232 e. The number of aryl methyl sites for hydroxylation is 1. The first kappa shape index (κ1) is 11.0. The van der Waals surface area contributed by atoms with Crippen molar-refractivity contribution in [3.63, 3.8) is 0 Å². The van der Waals surface area contributed by atoms with Crippen LogP contribution in [0.4, 0.5) is 5.69 Å². The molecule has 2 aromatic rings. The number of hydrogen-bond acceptors (Lipinski definition) is 1. The number of carbonyl (C=O) groups excluding carboxylic acids is 1. The van der Waals surface area contributed by atoms with Gasteiger partial charge in [-0.25, -0.2) is 0 Å². The first-order valence-electron chi connectivity index (χ1n) is 6.19. The highest BCUT2D eigenvalue weighted by atomic mass is 16.2. The van der Waals surface area contributed by atoms with Crippen LogP contribution in [-0.4, -0.2) is 5.91 Å². The lowest BCUT2D eigenvalue weighted by molar-refractivity contribution is -0.117. The van der Waals surface area contributed by atoms with E-state index in [9.17, 15) is 4.79 Å². The number of rotatable bonds is 2. The Morgan fingerprint density at radius 3 is 2.67 bits per heavy atom. The highest BCUT2D eigenvalue weighted by Crippen LogP contribution is 2.35. The van der Waals surface area contributed by atoms with Crippen LogP contribution in [0.15, 0.2) is 48.5 Å². The molecule has 0 bridgehead atoms. The molecule has 2 nitrogen and oxygen atoms in total. The molecule has 0 saturated carbocycles. The standard InChI is InChI=1S/C16H15NO/c1-11-7-8-15-13(9-11)14(16(18)17-15)10-12-5-3-2-4-6-12/h2-9,14H,10H2,1H3,(H,17,18). The number of amides is 1. The van der Waals surface area contributed by atoms with E-state index in [1.165, 1.54) is 11.1 Å². The van der Waals surface area contributed by atoms with E-state index in [1.54, 1.807) is 0 Å². The van der Waals surface area contributed by atoms with E-state index < -0.39 is 0 Å². The predicted molar refractivity (Wildman–Crippen MR) is 72.7 cm³/mol. The molecule has 0 aliphatic carbocycles. The van der Waals surface area contributed by atoms with Gasteiger partial charge in [0.25, 0.3) is 0 Å². The number of nitrogens with one attached hydrogen (secondary N) is 1. The van der Waals surface area contributed by atoms with E-state index in [4.69, 9.17) is 0 Å². The van der Waals surface area contributed by atoms with Crippen molar-refractivity contribution in [3.05, 3.63) is 65.2 Å². The molecule has 0 radical (unpaired) electrons. The van der Waals surface area contributed by atoms with Gasteiger partial charge < -0.3 is 5.32 Å². The summed E-state index contributed by atoms with van der Waals surface area (Å²) in [5.41, 5.74) is 4.49. The Morgan fingerprint density at radius 1 is 1.11 bits per heavy atom. The maximum absolute atomic E-state index is 12.0. The molecule has 1 heterocycles. The number of benzene rings is 2. The molecule has 1 amide bonds. The molecule has 1 unspecified atom stereocenters. The molecule has 1 aliphatic rings. The van der Waals surface area contributed by atoms with Gasteiger partial charge in [0.2, 0.25) is 5.91 Å². The Kier molecular flexibility index (Phi) is 2.63. The number of anilines is 1. The molecule has 0 aromatic heterocycles. The summed E-state index contributed by atoms with van der Waals surface area (Å²) in [7, 11) is 0. The summed E-state index contributed by atoms with van der Waals surface area (Å²) in [6.07, 6.45) is 0.767. The van der Waals surface area contributed by atoms with E-state index in [1.807, 2.05) is 30.3 Å². The maximum atomic E-state index is 12.0. The molecule has 1 atom stereocenters. The third kappa shape index (κ3) is 1.90. The monoisotopic (exact) mass is 237 g/mol. The van der Waals surface area contributed by atoms with Crippen LogP contribution in [0.25, 0.3) is 0 Å². The average Bonchev–Trinajstić information content (AvgIpc) is 2.67. The Hall–Kier alpha value is -2.09. The summed E-state index contributed by atoms with van der Waals surface area (Å²) in [6.45, 7) is 2.06. The normalized spacial score (nSPS) is 17.4. The van der Waals surface area contributed by atoms with Crippen molar-refractivity contribution in [1.29, 1.82) is 0 Å². The van der Waals surface area contributed by atoms with Gasteiger partial charge in [0, 0.05) is 5.69 Å². The molecule has 2 heteroatoms. The fraction of sp³-hybridized carbons (Fsp3) is 0.188. The van der Waals surface area contributed by atoms with Crippen molar-refractivity contribution in [1.82, 2.24) is 0 Å². The van der Waals surface area contributed by atoms with Crippen molar-refractivity contribution >= 4 is 11.6 Å². The van der Waals surface area contributed by atoms with Gasteiger partial charge in [-0.05, 0) is 30.5 Å². The number of hydrogen-bond donors (Lipinski definition) is 1. The van der Waals surface area contributed by atoms with Gasteiger partial charge in [0.05, 0.1) is 5.92 Å². The lowest BCUT2D eigenvalue weighted by Crippen LogP contribution is -2.14. The minimum absolute atomic E-state index is 0.0534. The summed E-state index contributed by atoms with van der Waals surface area (Å²) in [6, 6.07) is 16.3. The summed E-state index contributed by atoms with van der Waals surface area (Å²) < 4.78 is 0. The van der Waals surface area contributed by atoms with Crippen LogP contribution in [0.1, 0.15) is 22.6 Å². The van der Waals surface area contributed by atoms with Crippen molar-refractivity contribution < 1.29 is 4.79 Å². The van der Waals surface area contributed by atoms with Gasteiger partial charge in [-0.1, -0.05) is 48.0 Å². The number of carbonyl (C=O) groups is 1. The summed E-state index contributed by atoms with van der Waals surface area (Å²) in [4.78, 5) is 12.0. The fourth-order valence-electron chi connectivity index (χ4n) is 2.50. The quantitative estimate of drug-likeness (QED) is 0.853. The van der Waals surface area contributed by atoms with Crippen LogP contribution in [0.3, 0.4) is 0 Å². The molecule has 0 fully saturated rings. The Labute approximate surface area is 107 Å². The SMILES string of the molecule is Cc1ccc2c(c1)C(Cc1ccccc1)C(=O)N2. The van der Waals surface area contributed by atoms with E-state index in [0.717, 1.165) is 17.7 Å². The minimum Gasteiger partial charge on any atom is -0.325 e. The van der Waals surface area contributed by atoms with E-state index in [0.29, 0.717) is 0 Å². The summed E-state index contributed by atoms with van der Waals surface area (Å²) in [5.74, 6) is 0.0572. The molecule has 90 valence electrons. The maximum Gasteiger partial charge on any atom is 0.232 e. The molecule has 0 spiro atoms. The van der Waals surface area contributed by atoms with Crippen molar-refractivity contribution in [2.24, 2.45) is 0 Å². The minimum atomic E-state index is -0.0534. The Bertz CT molecular complexity index is 589. The zero-order valence-corrected chi connectivity index (χ0v) is 10.3. The molecular formula is C16H15NO. The first-order chi connectivity index (χ1) is 8.74. The van der Waals surface area contributed by atoms with Crippen molar-refractivity contribution in [2.45, 2.75) is 19.3 Å². The second kappa shape index (κ2) is 4.30. The second-order valence-corrected chi connectivity index (χ2v) is 4.82. The molecular weight excluding hydrogens is 222 g/mol. The highest BCUT2D eigenvalue weighted by molar-refractivity contribution is 6.03. The van der Waals surface area contributed by atoms with E-state index in [-0.39, 0.29) is 11.8 Å². The summed E-state index contributed by atoms with van der Waals surface area (Å²) in [5, 5.41) is 2.96. The summed E-state index contributed by atoms with van der Waals surface area (Å²) >= 11 is 0. The Morgan fingerprint density at radius 2 is 1.89 bits per heavy atom. The largest absolute Gasteiger partial charge is 0.325 e. The van der Waals surface area contributed by atoms with Gasteiger partial charge in [-0.2, -0.15) is 0 Å². The van der Waals surface area contributed by atoms with Crippen LogP contribution in [0, 0.1) is 6.92 Å². The topological polar surface area (TPSA) is 29.1 Å². The van der Waals surface area contributed by atoms with E-state index >= 15 is 0 Å². The zero-order valence-electron chi connectivity index (χ0n) is 10.3. The first-order valence-corrected chi connectivity index (χ1v) is 6.19. The molecule has 1 aliphatic heterocycles. The van der Waals surface area contributed by atoms with Crippen LogP contribution in [-0.2, 0) is 11.2 Å². The Balaban J connectivity index is 1.94. The van der Waals surface area contributed by atoms with Gasteiger partial charge in [0.15, 0.2) is 0 Å². The van der Waals surface area contributed by atoms with Crippen molar-refractivity contribution in [3.8, 4) is 0 Å². The molecule has 18 heavy (non-hydrogen) atoms. The van der Waals surface area contributed by atoms with Crippen LogP contribution in [0.2, 0.25) is 0 Å². The second-order valence-electron chi connectivity index (χ2n) is 4.82. The third-order valence-electron chi connectivity index (χ3n) is 3.44. The molecule has 2 aromatic carbocycles. The van der Waals surface area contributed by atoms with Gasteiger partial charge in [-0.3, -0.25) is 4.79 Å². The lowest BCUT2D eigenvalue weighted by Gasteiger charge is -2.09. The fourth-order valence-corrected chi connectivity index (χ4v) is 2.50. The number of fused-ring (bicyclic) bond motifs is 1. The predicted octanol–water partition coefficient (Wildman–Crippen LogP) is 3.27. The van der Waals surface area contributed by atoms with Gasteiger partial charge in [-0.15, -0.1) is 0 Å². The van der Waals surface area contributed by atoms with Gasteiger partial charge in [0.1, 0.15) is 0 Å².